The molecule has 1 aliphatic heterocycles. The summed E-state index contributed by atoms with van der Waals surface area (Å²) in [6.07, 6.45) is 0.633. The van der Waals surface area contributed by atoms with Crippen molar-refractivity contribution in [2.45, 2.75) is 19.8 Å². The first-order valence-electron chi connectivity index (χ1n) is 10.9. The number of carbonyl (C=O) groups excluding carboxylic acids is 3. The lowest BCUT2D eigenvalue weighted by Gasteiger charge is -2.17. The van der Waals surface area contributed by atoms with E-state index in [-0.39, 0.29) is 24.1 Å². The minimum absolute atomic E-state index is 0.0736. The molecule has 2 N–H and O–H groups in total. The summed E-state index contributed by atoms with van der Waals surface area (Å²) in [7, 11) is 1.55. The average Bonchev–Trinajstić information content (AvgIpc) is 3.45. The monoisotopic (exact) mass is 479 g/mol. The van der Waals surface area contributed by atoms with E-state index in [1.54, 1.807) is 36.3 Å². The van der Waals surface area contributed by atoms with Crippen LogP contribution in [0, 0.1) is 12.8 Å². The second-order valence-corrected chi connectivity index (χ2v) is 9.03. The molecule has 1 saturated heterocycles. The van der Waals surface area contributed by atoms with Crippen LogP contribution in [-0.4, -0.2) is 48.1 Å². The number of aromatic nitrogens is 2. The Bertz CT molecular complexity index is 1210. The molecule has 1 fully saturated rings. The van der Waals surface area contributed by atoms with Gasteiger partial charge in [0, 0.05) is 37.2 Å². The van der Waals surface area contributed by atoms with Crippen LogP contribution in [0.2, 0.25) is 0 Å². The molecule has 0 radical (unpaired) electrons. The van der Waals surface area contributed by atoms with Crippen LogP contribution in [0.5, 0.6) is 5.75 Å². The van der Waals surface area contributed by atoms with E-state index in [0.29, 0.717) is 41.0 Å². The highest BCUT2D eigenvalue weighted by molar-refractivity contribution is 7.15. The number of nitrogens with zero attached hydrogens (tertiary/aromatic N) is 3. The molecular weight excluding hydrogens is 454 g/mol. The van der Waals surface area contributed by atoms with Crippen molar-refractivity contribution in [3.8, 4) is 5.75 Å². The van der Waals surface area contributed by atoms with E-state index in [1.165, 1.54) is 11.3 Å². The van der Waals surface area contributed by atoms with Gasteiger partial charge in [-0.1, -0.05) is 29.5 Å². The molecule has 1 unspecified atom stereocenters. The summed E-state index contributed by atoms with van der Waals surface area (Å²) in [4.78, 5) is 39.1. The summed E-state index contributed by atoms with van der Waals surface area (Å²) in [5.74, 6) is -0.375. The van der Waals surface area contributed by atoms with Crippen molar-refractivity contribution in [2.24, 2.45) is 5.92 Å². The van der Waals surface area contributed by atoms with Gasteiger partial charge in [0.15, 0.2) is 0 Å². The molecule has 2 heterocycles. The summed E-state index contributed by atoms with van der Waals surface area (Å²) in [6.45, 7) is 2.67. The highest BCUT2D eigenvalue weighted by Crippen LogP contribution is 2.27. The highest BCUT2D eigenvalue weighted by Gasteiger charge is 2.35. The SMILES string of the molecule is COc1cccc(C(=O)NCCc2nnc(NC(=O)C3CC(=O)N(c4cccc(C)c4)C3)s2)c1. The normalized spacial score (nSPS) is 15.3. The number of hydrogen-bond acceptors (Lipinski definition) is 7. The van der Waals surface area contributed by atoms with Crippen molar-refractivity contribution < 1.29 is 19.1 Å². The van der Waals surface area contributed by atoms with E-state index < -0.39 is 5.92 Å². The van der Waals surface area contributed by atoms with Gasteiger partial charge in [-0.25, -0.2) is 0 Å². The molecule has 34 heavy (non-hydrogen) atoms. The Hall–Kier alpha value is -3.79. The lowest BCUT2D eigenvalue weighted by atomic mass is 10.1. The largest absolute Gasteiger partial charge is 0.497 e. The fraction of sp³-hybridized carbons (Fsp3) is 0.292. The lowest BCUT2D eigenvalue weighted by Crippen LogP contribution is -2.28. The molecular formula is C24H25N5O4S. The zero-order valence-corrected chi connectivity index (χ0v) is 19.7. The maximum atomic E-state index is 12.7. The highest BCUT2D eigenvalue weighted by atomic mass is 32.1. The van der Waals surface area contributed by atoms with Gasteiger partial charge in [-0.15, -0.1) is 10.2 Å². The predicted molar refractivity (Wildman–Crippen MR) is 129 cm³/mol. The van der Waals surface area contributed by atoms with Gasteiger partial charge in [0.05, 0.1) is 13.0 Å². The Morgan fingerprint density at radius 1 is 1.18 bits per heavy atom. The van der Waals surface area contributed by atoms with Crippen LogP contribution in [0.4, 0.5) is 10.8 Å². The van der Waals surface area contributed by atoms with Crippen molar-refractivity contribution in [3.63, 3.8) is 0 Å². The molecule has 3 amide bonds. The molecule has 3 aromatic rings. The van der Waals surface area contributed by atoms with Gasteiger partial charge in [0.2, 0.25) is 16.9 Å². The third-order valence-electron chi connectivity index (χ3n) is 5.46. The molecule has 1 aromatic heterocycles. The second kappa shape index (κ2) is 10.4. The number of aryl methyl sites for hydroxylation is 1. The van der Waals surface area contributed by atoms with Crippen molar-refractivity contribution >= 4 is 39.9 Å². The molecule has 9 nitrogen and oxygen atoms in total. The number of amides is 3. The van der Waals surface area contributed by atoms with Crippen molar-refractivity contribution in [3.05, 3.63) is 64.7 Å². The number of benzene rings is 2. The minimum Gasteiger partial charge on any atom is -0.497 e. The number of carbonyl (C=O) groups is 3. The first kappa shape index (κ1) is 23.4. The van der Waals surface area contributed by atoms with Gasteiger partial charge in [-0.3, -0.25) is 14.4 Å². The molecule has 0 spiro atoms. The lowest BCUT2D eigenvalue weighted by molar-refractivity contribution is -0.122. The van der Waals surface area contributed by atoms with Crippen LogP contribution in [-0.2, 0) is 16.0 Å². The summed E-state index contributed by atoms with van der Waals surface area (Å²) in [5, 5.41) is 14.8. The summed E-state index contributed by atoms with van der Waals surface area (Å²) >= 11 is 1.25. The first-order chi connectivity index (χ1) is 16.4. The second-order valence-electron chi connectivity index (χ2n) is 7.97. The maximum Gasteiger partial charge on any atom is 0.251 e. The third-order valence-corrected chi connectivity index (χ3v) is 6.36. The van der Waals surface area contributed by atoms with Gasteiger partial charge in [-0.05, 0) is 42.8 Å². The fourth-order valence-corrected chi connectivity index (χ4v) is 4.43. The molecule has 0 saturated carbocycles. The van der Waals surface area contributed by atoms with E-state index in [4.69, 9.17) is 4.74 Å². The summed E-state index contributed by atoms with van der Waals surface area (Å²) in [6, 6.07) is 14.6. The number of rotatable bonds is 8. The predicted octanol–water partition coefficient (Wildman–Crippen LogP) is 2.82. The molecule has 2 aromatic carbocycles. The molecule has 10 heteroatoms. The first-order valence-corrected chi connectivity index (χ1v) is 11.7. The van der Waals surface area contributed by atoms with Crippen molar-refractivity contribution in [1.29, 1.82) is 0 Å². The number of anilines is 2. The zero-order chi connectivity index (χ0) is 24.1. The Morgan fingerprint density at radius 3 is 2.79 bits per heavy atom. The Balaban J connectivity index is 1.27. The van der Waals surface area contributed by atoms with E-state index >= 15 is 0 Å². The van der Waals surface area contributed by atoms with Crippen LogP contribution in [0.15, 0.2) is 48.5 Å². The molecule has 0 bridgehead atoms. The Labute approximate surface area is 201 Å². The van der Waals surface area contributed by atoms with Crippen LogP contribution < -0.4 is 20.3 Å². The maximum absolute atomic E-state index is 12.7. The van der Waals surface area contributed by atoms with E-state index in [0.717, 1.165) is 11.3 Å². The molecule has 0 aliphatic carbocycles. The molecule has 176 valence electrons. The van der Waals surface area contributed by atoms with Crippen LogP contribution in [0.25, 0.3) is 0 Å². The van der Waals surface area contributed by atoms with Gasteiger partial charge >= 0.3 is 0 Å². The van der Waals surface area contributed by atoms with Crippen LogP contribution in [0.3, 0.4) is 0 Å². The van der Waals surface area contributed by atoms with Crippen molar-refractivity contribution in [1.82, 2.24) is 15.5 Å². The van der Waals surface area contributed by atoms with Gasteiger partial charge < -0.3 is 20.3 Å². The number of hydrogen-bond donors (Lipinski definition) is 2. The zero-order valence-electron chi connectivity index (χ0n) is 18.9. The van der Waals surface area contributed by atoms with Gasteiger partial charge in [0.25, 0.3) is 5.91 Å². The smallest absolute Gasteiger partial charge is 0.251 e. The van der Waals surface area contributed by atoms with Gasteiger partial charge in [-0.2, -0.15) is 0 Å². The van der Waals surface area contributed by atoms with E-state index in [2.05, 4.69) is 20.8 Å². The molecule has 1 atom stereocenters. The topological polar surface area (TPSA) is 114 Å². The minimum atomic E-state index is -0.456. The Morgan fingerprint density at radius 2 is 2.00 bits per heavy atom. The van der Waals surface area contributed by atoms with Gasteiger partial charge in [0.1, 0.15) is 10.8 Å². The Kier molecular flexibility index (Phi) is 7.17. The van der Waals surface area contributed by atoms with E-state index in [9.17, 15) is 14.4 Å². The fourth-order valence-electron chi connectivity index (χ4n) is 3.69. The van der Waals surface area contributed by atoms with E-state index in [1.807, 2.05) is 31.2 Å². The third kappa shape index (κ3) is 5.57. The van der Waals surface area contributed by atoms with Crippen molar-refractivity contribution in [2.75, 3.05) is 30.4 Å². The number of nitrogens with one attached hydrogen (secondary N) is 2. The quantitative estimate of drug-likeness (QED) is 0.514. The molecule has 1 aliphatic rings. The summed E-state index contributed by atoms with van der Waals surface area (Å²) < 4.78 is 5.14. The number of ether oxygens (including phenoxy) is 1. The molecule has 4 rings (SSSR count). The standard InChI is InChI=1S/C24H25N5O4S/c1-15-5-3-7-18(11-15)29-14-17(13-21(29)30)23(32)26-24-28-27-20(34-24)9-10-25-22(31)16-6-4-8-19(12-16)33-2/h3-8,11-12,17H,9-10,13-14H2,1-2H3,(H,25,31)(H,26,28,32). The van der Waals surface area contributed by atoms with Crippen LogP contribution in [0.1, 0.15) is 27.3 Å². The van der Waals surface area contributed by atoms with Crippen LogP contribution >= 0.6 is 11.3 Å². The average molecular weight is 480 g/mol. The number of methoxy groups -OCH3 is 1. The summed E-state index contributed by atoms with van der Waals surface area (Å²) in [5.41, 5.74) is 2.36.